The maximum absolute atomic E-state index is 13.0. The molecule has 0 radical (unpaired) electrons. The van der Waals surface area contributed by atoms with E-state index in [0.29, 0.717) is 41.2 Å². The van der Waals surface area contributed by atoms with Crippen LogP contribution in [0.5, 0.6) is 5.75 Å². The van der Waals surface area contributed by atoms with Crippen LogP contribution in [-0.2, 0) is 25.6 Å². The molecule has 0 atom stereocenters. The molecule has 0 bridgehead atoms. The van der Waals surface area contributed by atoms with Gasteiger partial charge in [-0.15, -0.1) is 0 Å². The molecule has 1 aliphatic rings. The van der Waals surface area contributed by atoms with Crippen LogP contribution in [0.15, 0.2) is 53.3 Å². The predicted molar refractivity (Wildman–Crippen MR) is 115 cm³/mol. The lowest BCUT2D eigenvalue weighted by molar-refractivity contribution is -0.137. The van der Waals surface area contributed by atoms with Crippen LogP contribution in [0.3, 0.4) is 0 Å². The second kappa shape index (κ2) is 8.97. The smallest absolute Gasteiger partial charge is 0.416 e. The third-order valence-corrected chi connectivity index (χ3v) is 5.35. The summed E-state index contributed by atoms with van der Waals surface area (Å²) in [4.78, 5) is 33.9. The molecule has 0 aliphatic carbocycles. The SMILES string of the molecule is COc1cccc(NC(=O)N2CCc3nc(Cc4cccc(C(F)(F)F)c4)[nH]c(=O)c3C2)c1. The summed E-state index contributed by atoms with van der Waals surface area (Å²) in [5, 5.41) is 2.78. The average Bonchev–Trinajstić information content (AvgIpc) is 2.78. The summed E-state index contributed by atoms with van der Waals surface area (Å²) in [5.74, 6) is 0.887. The Hall–Kier alpha value is -3.82. The topological polar surface area (TPSA) is 87.3 Å². The molecule has 0 spiro atoms. The number of nitrogens with zero attached hydrogens (tertiary/aromatic N) is 2. The number of nitrogens with one attached hydrogen (secondary N) is 2. The van der Waals surface area contributed by atoms with Crippen LogP contribution >= 0.6 is 0 Å². The van der Waals surface area contributed by atoms with Crippen LogP contribution in [0.4, 0.5) is 23.7 Å². The van der Waals surface area contributed by atoms with E-state index in [1.54, 1.807) is 30.3 Å². The molecule has 0 saturated heterocycles. The number of ether oxygens (including phenoxy) is 1. The number of H-pyrrole nitrogens is 1. The standard InChI is InChI=1S/C23H21F3N4O3/c1-33-17-7-3-6-16(12-17)27-22(32)30-9-8-19-18(13-30)21(31)29-20(28-19)11-14-4-2-5-15(10-14)23(24,25)26/h2-7,10,12H,8-9,11,13H2,1H3,(H,27,32)(H,28,29,31). The molecular formula is C23H21F3N4O3. The van der Waals surface area contributed by atoms with Crippen LogP contribution < -0.4 is 15.6 Å². The van der Waals surface area contributed by atoms with Crippen molar-refractivity contribution in [2.75, 3.05) is 19.0 Å². The number of carbonyl (C=O) groups is 1. The number of amides is 2. The van der Waals surface area contributed by atoms with Crippen molar-refractivity contribution < 1.29 is 22.7 Å². The Labute approximate surface area is 187 Å². The highest BCUT2D eigenvalue weighted by molar-refractivity contribution is 5.89. The van der Waals surface area contributed by atoms with Crippen LogP contribution in [0.1, 0.15) is 28.2 Å². The van der Waals surface area contributed by atoms with Gasteiger partial charge < -0.3 is 19.9 Å². The quantitative estimate of drug-likeness (QED) is 0.619. The second-order valence-electron chi connectivity index (χ2n) is 7.65. The summed E-state index contributed by atoms with van der Waals surface area (Å²) >= 11 is 0. The molecule has 2 N–H and O–H groups in total. The fourth-order valence-electron chi connectivity index (χ4n) is 3.69. The van der Waals surface area contributed by atoms with E-state index in [9.17, 15) is 22.8 Å². The van der Waals surface area contributed by atoms with Gasteiger partial charge in [-0.25, -0.2) is 9.78 Å². The first-order valence-electron chi connectivity index (χ1n) is 10.2. The Morgan fingerprint density at radius 2 is 2.00 bits per heavy atom. The molecule has 2 heterocycles. The van der Waals surface area contributed by atoms with Gasteiger partial charge in [0.05, 0.1) is 30.5 Å². The van der Waals surface area contributed by atoms with Crippen molar-refractivity contribution in [3.8, 4) is 5.75 Å². The molecule has 1 aliphatic heterocycles. The maximum Gasteiger partial charge on any atom is 0.416 e. The molecule has 3 aromatic rings. The van der Waals surface area contributed by atoms with E-state index in [1.807, 2.05) is 0 Å². The Morgan fingerprint density at radius 1 is 1.21 bits per heavy atom. The number of aromatic amines is 1. The number of fused-ring (bicyclic) bond motifs is 1. The Morgan fingerprint density at radius 3 is 2.76 bits per heavy atom. The van der Waals surface area contributed by atoms with Crippen molar-refractivity contribution in [2.24, 2.45) is 0 Å². The number of rotatable bonds is 4. The van der Waals surface area contributed by atoms with Gasteiger partial charge in [-0.3, -0.25) is 4.79 Å². The summed E-state index contributed by atoms with van der Waals surface area (Å²) in [6.07, 6.45) is -4.02. The Balaban J connectivity index is 1.48. The number of methoxy groups -OCH3 is 1. The number of carbonyl (C=O) groups excluding carboxylic acids is 1. The molecule has 10 heteroatoms. The Bertz CT molecular complexity index is 1240. The van der Waals surface area contributed by atoms with Crippen molar-refractivity contribution in [1.29, 1.82) is 0 Å². The van der Waals surface area contributed by atoms with Gasteiger partial charge >= 0.3 is 12.2 Å². The van der Waals surface area contributed by atoms with E-state index >= 15 is 0 Å². The fourth-order valence-corrected chi connectivity index (χ4v) is 3.69. The summed E-state index contributed by atoms with van der Waals surface area (Å²) in [6.45, 7) is 0.430. The van der Waals surface area contributed by atoms with Gasteiger partial charge in [0.1, 0.15) is 11.6 Å². The summed E-state index contributed by atoms with van der Waals surface area (Å²) in [5.41, 5.74) is 0.719. The van der Waals surface area contributed by atoms with Gasteiger partial charge in [-0.2, -0.15) is 13.2 Å². The lowest BCUT2D eigenvalue weighted by Gasteiger charge is -2.28. The van der Waals surface area contributed by atoms with Gasteiger partial charge in [-0.05, 0) is 23.8 Å². The maximum atomic E-state index is 13.0. The number of hydrogen-bond donors (Lipinski definition) is 2. The summed E-state index contributed by atoms with van der Waals surface area (Å²) in [6, 6.07) is 11.5. The van der Waals surface area contributed by atoms with Gasteiger partial charge in [-0.1, -0.05) is 24.3 Å². The minimum absolute atomic E-state index is 0.0620. The molecule has 2 amide bonds. The highest BCUT2D eigenvalue weighted by Crippen LogP contribution is 2.30. The van der Waals surface area contributed by atoms with Crippen LogP contribution in [0, 0.1) is 0 Å². The zero-order valence-electron chi connectivity index (χ0n) is 17.7. The highest BCUT2D eigenvalue weighted by atomic mass is 19.4. The van der Waals surface area contributed by atoms with Crippen molar-refractivity contribution >= 4 is 11.7 Å². The van der Waals surface area contributed by atoms with Crippen molar-refractivity contribution in [3.05, 3.63) is 87.1 Å². The third kappa shape index (κ3) is 5.16. The van der Waals surface area contributed by atoms with Crippen molar-refractivity contribution in [3.63, 3.8) is 0 Å². The van der Waals surface area contributed by atoms with E-state index in [0.717, 1.165) is 12.1 Å². The first kappa shape index (κ1) is 22.4. The normalized spacial score (nSPS) is 13.4. The van der Waals surface area contributed by atoms with E-state index in [4.69, 9.17) is 4.74 Å². The molecule has 0 saturated carbocycles. The zero-order chi connectivity index (χ0) is 23.6. The highest BCUT2D eigenvalue weighted by Gasteiger charge is 2.30. The first-order valence-corrected chi connectivity index (χ1v) is 10.2. The largest absolute Gasteiger partial charge is 0.497 e. The number of anilines is 1. The number of alkyl halides is 3. The van der Waals surface area contributed by atoms with Crippen molar-refractivity contribution in [2.45, 2.75) is 25.6 Å². The Kier molecular flexibility index (Phi) is 6.08. The van der Waals surface area contributed by atoms with Gasteiger partial charge in [0.2, 0.25) is 0 Å². The first-order chi connectivity index (χ1) is 15.7. The van der Waals surface area contributed by atoms with Gasteiger partial charge in [0.25, 0.3) is 5.56 Å². The molecule has 0 unspecified atom stereocenters. The molecule has 33 heavy (non-hydrogen) atoms. The minimum Gasteiger partial charge on any atom is -0.497 e. The predicted octanol–water partition coefficient (Wildman–Crippen LogP) is 3.98. The van der Waals surface area contributed by atoms with E-state index in [2.05, 4.69) is 15.3 Å². The van der Waals surface area contributed by atoms with Crippen LogP contribution in [0.2, 0.25) is 0 Å². The molecule has 1 aromatic heterocycles. The molecule has 0 fully saturated rings. The fraction of sp³-hybridized carbons (Fsp3) is 0.261. The second-order valence-corrected chi connectivity index (χ2v) is 7.65. The number of benzene rings is 2. The monoisotopic (exact) mass is 458 g/mol. The molecular weight excluding hydrogens is 437 g/mol. The number of hydrogen-bond acceptors (Lipinski definition) is 4. The number of halogens is 3. The van der Waals surface area contributed by atoms with E-state index in [1.165, 1.54) is 18.1 Å². The third-order valence-electron chi connectivity index (χ3n) is 5.35. The van der Waals surface area contributed by atoms with Crippen LogP contribution in [-0.4, -0.2) is 34.6 Å². The minimum atomic E-state index is -4.44. The van der Waals surface area contributed by atoms with E-state index in [-0.39, 0.29) is 24.8 Å². The van der Waals surface area contributed by atoms with Crippen molar-refractivity contribution in [1.82, 2.24) is 14.9 Å². The molecule has 4 rings (SSSR count). The lowest BCUT2D eigenvalue weighted by Crippen LogP contribution is -2.42. The van der Waals surface area contributed by atoms with E-state index < -0.39 is 17.3 Å². The molecule has 172 valence electrons. The van der Waals surface area contributed by atoms with Gasteiger partial charge in [0, 0.05) is 31.1 Å². The zero-order valence-corrected chi connectivity index (χ0v) is 17.7. The van der Waals surface area contributed by atoms with Gasteiger partial charge in [0.15, 0.2) is 0 Å². The average molecular weight is 458 g/mol. The number of urea groups is 1. The summed E-state index contributed by atoms with van der Waals surface area (Å²) < 4.78 is 44.0. The summed E-state index contributed by atoms with van der Waals surface area (Å²) in [7, 11) is 1.53. The van der Waals surface area contributed by atoms with Crippen LogP contribution in [0.25, 0.3) is 0 Å². The lowest BCUT2D eigenvalue weighted by atomic mass is 10.1. The molecule has 2 aromatic carbocycles. The molecule has 7 nitrogen and oxygen atoms in total. The number of aromatic nitrogens is 2.